The van der Waals surface area contributed by atoms with E-state index in [1.165, 1.54) is 14.0 Å². The van der Waals surface area contributed by atoms with E-state index in [1.54, 1.807) is 67.8 Å². The fourth-order valence-electron chi connectivity index (χ4n) is 3.78. The highest BCUT2D eigenvalue weighted by atomic mass is 16.5. The molecule has 0 saturated carbocycles. The number of aromatic nitrogens is 1. The first-order chi connectivity index (χ1) is 17.4. The number of ether oxygens (including phenoxy) is 3. The maximum absolute atomic E-state index is 13.1. The summed E-state index contributed by atoms with van der Waals surface area (Å²) in [6.45, 7) is 0.892. The third kappa shape index (κ3) is 5.17. The molecule has 4 rings (SSSR count). The summed E-state index contributed by atoms with van der Waals surface area (Å²) in [4.78, 5) is 42.0. The zero-order valence-electron chi connectivity index (χ0n) is 20.0. The number of nitrogens with one attached hydrogen (secondary N) is 1. The average molecular weight is 485 g/mol. The van der Waals surface area contributed by atoms with Crippen LogP contribution in [0.5, 0.6) is 11.5 Å². The van der Waals surface area contributed by atoms with E-state index in [0.717, 1.165) is 0 Å². The second-order valence-electron chi connectivity index (χ2n) is 7.87. The summed E-state index contributed by atoms with van der Waals surface area (Å²) in [5.74, 6) is -0.328. The van der Waals surface area contributed by atoms with Crippen LogP contribution >= 0.6 is 0 Å². The van der Waals surface area contributed by atoms with E-state index in [0.29, 0.717) is 44.9 Å². The maximum atomic E-state index is 13.1. The number of carbonyl (C=O) groups excluding carboxylic acids is 3. The van der Waals surface area contributed by atoms with E-state index in [4.69, 9.17) is 14.2 Å². The van der Waals surface area contributed by atoms with Gasteiger partial charge in [-0.1, -0.05) is 30.3 Å². The molecule has 0 aliphatic heterocycles. The second-order valence-corrected chi connectivity index (χ2v) is 7.87. The number of esters is 1. The first-order valence-electron chi connectivity index (χ1n) is 11.1. The van der Waals surface area contributed by atoms with Crippen molar-refractivity contribution >= 4 is 34.3 Å². The third-order valence-corrected chi connectivity index (χ3v) is 5.53. The topological polar surface area (TPSA) is 104 Å². The predicted molar refractivity (Wildman–Crippen MR) is 136 cm³/mol. The molecular weight excluding hydrogens is 460 g/mol. The molecule has 1 amide bonds. The summed E-state index contributed by atoms with van der Waals surface area (Å²) < 4.78 is 16.0. The zero-order valence-corrected chi connectivity index (χ0v) is 20.0. The Labute approximate surface area is 207 Å². The van der Waals surface area contributed by atoms with E-state index in [1.807, 2.05) is 12.1 Å². The summed E-state index contributed by atoms with van der Waals surface area (Å²) in [6, 6.07) is 20.8. The molecule has 8 heteroatoms. The van der Waals surface area contributed by atoms with Crippen LogP contribution in [-0.2, 0) is 9.53 Å². The van der Waals surface area contributed by atoms with Crippen LogP contribution in [0.3, 0.4) is 0 Å². The quantitative estimate of drug-likeness (QED) is 0.280. The number of pyridine rings is 1. The van der Waals surface area contributed by atoms with Gasteiger partial charge in [0, 0.05) is 16.5 Å². The highest BCUT2D eigenvalue weighted by Crippen LogP contribution is 2.33. The Hall–Kier alpha value is -4.72. The first kappa shape index (κ1) is 24.4. The molecule has 0 saturated heterocycles. The van der Waals surface area contributed by atoms with Gasteiger partial charge in [0.1, 0.15) is 0 Å². The van der Waals surface area contributed by atoms with Gasteiger partial charge >= 0.3 is 5.97 Å². The molecule has 8 nitrogen and oxygen atoms in total. The van der Waals surface area contributed by atoms with Crippen LogP contribution in [-0.4, -0.2) is 43.5 Å². The van der Waals surface area contributed by atoms with Gasteiger partial charge in [-0.25, -0.2) is 9.78 Å². The minimum atomic E-state index is -0.676. The molecule has 0 atom stereocenters. The van der Waals surface area contributed by atoms with Crippen LogP contribution < -0.4 is 14.8 Å². The van der Waals surface area contributed by atoms with Gasteiger partial charge in [-0.05, 0) is 49.4 Å². The van der Waals surface area contributed by atoms with E-state index >= 15 is 0 Å². The standard InChI is InChI=1S/C28H24N2O6/c1-17(31)19-8-4-6-10-22(19)30-27(32)16-36-28(33)21-15-24(29-23-11-7-5-9-20(21)23)18-12-13-25(34-2)26(14-18)35-3/h4-15H,16H2,1-3H3,(H,30,32). The normalized spacial score (nSPS) is 10.5. The van der Waals surface area contributed by atoms with Gasteiger partial charge in [0.2, 0.25) is 0 Å². The number of carbonyl (C=O) groups is 3. The molecule has 36 heavy (non-hydrogen) atoms. The van der Waals surface area contributed by atoms with E-state index in [9.17, 15) is 14.4 Å². The number of Topliss-reactive ketones (excluding diaryl/α,β-unsaturated/α-hetero) is 1. The SMILES string of the molecule is COc1ccc(-c2cc(C(=O)OCC(=O)Nc3ccccc3C(C)=O)c3ccccc3n2)cc1OC. The predicted octanol–water partition coefficient (Wildman–Crippen LogP) is 4.92. The minimum absolute atomic E-state index is 0.186. The zero-order chi connectivity index (χ0) is 25.7. The molecular formula is C28H24N2O6. The molecule has 1 aromatic heterocycles. The summed E-state index contributed by atoms with van der Waals surface area (Å²) in [6.07, 6.45) is 0. The second kappa shape index (κ2) is 10.7. The molecule has 4 aromatic rings. The van der Waals surface area contributed by atoms with Crippen molar-refractivity contribution in [2.75, 3.05) is 26.1 Å². The number of ketones is 1. The average Bonchev–Trinajstić information content (AvgIpc) is 2.90. The Morgan fingerprint density at radius 3 is 2.31 bits per heavy atom. The summed E-state index contributed by atoms with van der Waals surface area (Å²) >= 11 is 0. The summed E-state index contributed by atoms with van der Waals surface area (Å²) in [5.41, 5.74) is 2.83. The van der Waals surface area contributed by atoms with Crippen LogP contribution in [0, 0.1) is 0 Å². The fourth-order valence-corrected chi connectivity index (χ4v) is 3.78. The number of hydrogen-bond acceptors (Lipinski definition) is 7. The maximum Gasteiger partial charge on any atom is 0.339 e. The van der Waals surface area contributed by atoms with Crippen LogP contribution in [0.15, 0.2) is 72.8 Å². The van der Waals surface area contributed by atoms with Crippen molar-refractivity contribution in [3.05, 3.63) is 83.9 Å². The lowest BCUT2D eigenvalue weighted by Gasteiger charge is -2.13. The van der Waals surface area contributed by atoms with Gasteiger partial charge in [0.15, 0.2) is 23.9 Å². The van der Waals surface area contributed by atoms with Crippen molar-refractivity contribution in [1.29, 1.82) is 0 Å². The van der Waals surface area contributed by atoms with Crippen LogP contribution in [0.25, 0.3) is 22.2 Å². The van der Waals surface area contributed by atoms with Crippen molar-refractivity contribution in [1.82, 2.24) is 4.98 Å². The van der Waals surface area contributed by atoms with Gasteiger partial charge in [0.25, 0.3) is 5.91 Å². The molecule has 0 aliphatic rings. The molecule has 182 valence electrons. The van der Waals surface area contributed by atoms with Gasteiger partial charge < -0.3 is 19.5 Å². The number of rotatable bonds is 8. The first-order valence-corrected chi connectivity index (χ1v) is 11.1. The van der Waals surface area contributed by atoms with Gasteiger partial charge in [-0.2, -0.15) is 0 Å². The van der Waals surface area contributed by atoms with Crippen molar-refractivity contribution in [2.45, 2.75) is 6.92 Å². The van der Waals surface area contributed by atoms with Crippen molar-refractivity contribution in [3.8, 4) is 22.8 Å². The Balaban J connectivity index is 1.59. The Kier molecular flexibility index (Phi) is 7.25. The van der Waals surface area contributed by atoms with Gasteiger partial charge in [-0.3, -0.25) is 9.59 Å². The number of hydrogen-bond donors (Lipinski definition) is 1. The highest BCUT2D eigenvalue weighted by Gasteiger charge is 2.18. The molecule has 0 bridgehead atoms. The number of methoxy groups -OCH3 is 2. The lowest BCUT2D eigenvalue weighted by Crippen LogP contribution is -2.22. The van der Waals surface area contributed by atoms with Crippen LogP contribution in [0.2, 0.25) is 0 Å². The fraction of sp³-hybridized carbons (Fsp3) is 0.143. The highest BCUT2D eigenvalue weighted by molar-refractivity contribution is 6.07. The van der Waals surface area contributed by atoms with E-state index < -0.39 is 18.5 Å². The summed E-state index contributed by atoms with van der Waals surface area (Å²) in [7, 11) is 3.09. The lowest BCUT2D eigenvalue weighted by molar-refractivity contribution is -0.119. The largest absolute Gasteiger partial charge is 0.493 e. The summed E-state index contributed by atoms with van der Waals surface area (Å²) in [5, 5.41) is 3.21. The molecule has 0 radical (unpaired) electrons. The number of benzene rings is 3. The minimum Gasteiger partial charge on any atom is -0.493 e. The van der Waals surface area contributed by atoms with E-state index in [-0.39, 0.29) is 11.3 Å². The lowest BCUT2D eigenvalue weighted by atomic mass is 10.0. The smallest absolute Gasteiger partial charge is 0.339 e. The van der Waals surface area contributed by atoms with Gasteiger partial charge in [-0.15, -0.1) is 0 Å². The molecule has 0 unspecified atom stereocenters. The van der Waals surface area contributed by atoms with Crippen LogP contribution in [0.1, 0.15) is 27.6 Å². The number of anilines is 1. The van der Waals surface area contributed by atoms with Crippen molar-refractivity contribution in [2.24, 2.45) is 0 Å². The third-order valence-electron chi connectivity index (χ3n) is 5.53. The van der Waals surface area contributed by atoms with E-state index in [2.05, 4.69) is 10.3 Å². The van der Waals surface area contributed by atoms with Gasteiger partial charge in [0.05, 0.1) is 36.7 Å². The number of fused-ring (bicyclic) bond motifs is 1. The Morgan fingerprint density at radius 2 is 1.56 bits per heavy atom. The van der Waals surface area contributed by atoms with Crippen molar-refractivity contribution < 1.29 is 28.6 Å². The number of nitrogens with zero attached hydrogens (tertiary/aromatic N) is 1. The molecule has 3 aromatic carbocycles. The monoisotopic (exact) mass is 484 g/mol. The number of amides is 1. The Morgan fingerprint density at radius 1 is 0.833 bits per heavy atom. The Bertz CT molecular complexity index is 1460. The van der Waals surface area contributed by atoms with Crippen molar-refractivity contribution in [3.63, 3.8) is 0 Å². The molecule has 0 spiro atoms. The molecule has 0 fully saturated rings. The molecule has 0 aliphatic carbocycles. The number of para-hydroxylation sites is 2. The molecule has 1 N–H and O–H groups in total. The molecule has 1 heterocycles. The van der Waals surface area contributed by atoms with Crippen LogP contribution in [0.4, 0.5) is 5.69 Å².